The molecule has 0 bridgehead atoms. The maximum Gasteiger partial charge on any atom is 0.227 e. The van der Waals surface area contributed by atoms with Crippen LogP contribution in [0, 0.1) is 12.7 Å². The molecule has 2 rings (SSSR count). The van der Waals surface area contributed by atoms with Gasteiger partial charge in [-0.1, -0.05) is 13.3 Å². The molecule has 1 N–H and O–H groups in total. The van der Waals surface area contributed by atoms with Crippen molar-refractivity contribution in [2.75, 3.05) is 12.4 Å². The van der Waals surface area contributed by atoms with Crippen molar-refractivity contribution in [3.05, 3.63) is 41.5 Å². The topological polar surface area (TPSA) is 47.0 Å². The van der Waals surface area contributed by atoms with E-state index in [0.29, 0.717) is 11.6 Å². The first-order valence-electron chi connectivity index (χ1n) is 6.61. The van der Waals surface area contributed by atoms with E-state index in [2.05, 4.69) is 22.2 Å². The number of halogens is 1. The van der Waals surface area contributed by atoms with Crippen LogP contribution in [0.25, 0.3) is 0 Å². The SMILES string of the molecule is CCCc1c(NC)ncnc1Oc1ccc(F)cc1C. The quantitative estimate of drug-likeness (QED) is 0.903. The summed E-state index contributed by atoms with van der Waals surface area (Å²) in [7, 11) is 1.81. The number of benzene rings is 1. The minimum Gasteiger partial charge on any atom is -0.438 e. The van der Waals surface area contributed by atoms with Crippen molar-refractivity contribution in [2.24, 2.45) is 0 Å². The van der Waals surface area contributed by atoms with E-state index in [1.165, 1.54) is 18.5 Å². The van der Waals surface area contributed by atoms with Crippen molar-refractivity contribution >= 4 is 5.82 Å². The van der Waals surface area contributed by atoms with Crippen LogP contribution in [0.4, 0.5) is 10.2 Å². The van der Waals surface area contributed by atoms with E-state index in [0.717, 1.165) is 29.8 Å². The third kappa shape index (κ3) is 3.04. The molecule has 0 aliphatic rings. The fourth-order valence-corrected chi connectivity index (χ4v) is 2.01. The highest BCUT2D eigenvalue weighted by atomic mass is 19.1. The number of anilines is 1. The van der Waals surface area contributed by atoms with Crippen molar-refractivity contribution in [3.63, 3.8) is 0 Å². The number of nitrogens with one attached hydrogen (secondary N) is 1. The van der Waals surface area contributed by atoms with Crippen molar-refractivity contribution in [3.8, 4) is 11.6 Å². The molecule has 1 aromatic heterocycles. The van der Waals surface area contributed by atoms with Crippen LogP contribution < -0.4 is 10.1 Å². The Bertz CT molecular complexity index is 602. The summed E-state index contributed by atoms with van der Waals surface area (Å²) in [5.41, 5.74) is 1.67. The van der Waals surface area contributed by atoms with Gasteiger partial charge in [-0.15, -0.1) is 0 Å². The normalized spacial score (nSPS) is 10.4. The van der Waals surface area contributed by atoms with Crippen molar-refractivity contribution < 1.29 is 9.13 Å². The van der Waals surface area contributed by atoms with E-state index in [1.807, 2.05) is 7.05 Å². The summed E-state index contributed by atoms with van der Waals surface area (Å²) < 4.78 is 18.9. The molecular formula is C15H18FN3O. The molecule has 0 fully saturated rings. The molecule has 0 amide bonds. The molecule has 0 aliphatic heterocycles. The second-order valence-corrected chi connectivity index (χ2v) is 4.52. The number of hydrogen-bond donors (Lipinski definition) is 1. The fraction of sp³-hybridized carbons (Fsp3) is 0.333. The Morgan fingerprint density at radius 2 is 2.10 bits per heavy atom. The van der Waals surface area contributed by atoms with Gasteiger partial charge in [0.05, 0.1) is 5.56 Å². The van der Waals surface area contributed by atoms with Gasteiger partial charge in [-0.3, -0.25) is 0 Å². The number of hydrogen-bond acceptors (Lipinski definition) is 4. The zero-order valence-electron chi connectivity index (χ0n) is 11.9. The van der Waals surface area contributed by atoms with Crippen LogP contribution >= 0.6 is 0 Å². The molecule has 20 heavy (non-hydrogen) atoms. The second-order valence-electron chi connectivity index (χ2n) is 4.52. The van der Waals surface area contributed by atoms with Crippen molar-refractivity contribution in [2.45, 2.75) is 26.7 Å². The van der Waals surface area contributed by atoms with Crippen LogP contribution in [0.1, 0.15) is 24.5 Å². The first-order valence-corrected chi connectivity index (χ1v) is 6.61. The molecule has 0 saturated carbocycles. The van der Waals surface area contributed by atoms with Crippen LogP contribution in [0.15, 0.2) is 24.5 Å². The van der Waals surface area contributed by atoms with Crippen molar-refractivity contribution in [1.82, 2.24) is 9.97 Å². The smallest absolute Gasteiger partial charge is 0.227 e. The van der Waals surface area contributed by atoms with Crippen LogP contribution in [-0.2, 0) is 6.42 Å². The van der Waals surface area contributed by atoms with Gasteiger partial charge in [0, 0.05) is 7.05 Å². The summed E-state index contributed by atoms with van der Waals surface area (Å²) in [4.78, 5) is 8.39. The number of aromatic nitrogens is 2. The molecule has 4 nitrogen and oxygen atoms in total. The molecular weight excluding hydrogens is 257 g/mol. The minimum absolute atomic E-state index is 0.276. The van der Waals surface area contributed by atoms with Gasteiger partial charge in [-0.2, -0.15) is 0 Å². The summed E-state index contributed by atoms with van der Waals surface area (Å²) in [6.45, 7) is 3.89. The van der Waals surface area contributed by atoms with Gasteiger partial charge in [0.1, 0.15) is 23.7 Å². The summed E-state index contributed by atoms with van der Waals surface area (Å²) >= 11 is 0. The Balaban J connectivity index is 2.37. The zero-order chi connectivity index (χ0) is 14.5. The third-order valence-electron chi connectivity index (χ3n) is 2.99. The lowest BCUT2D eigenvalue weighted by Gasteiger charge is -2.13. The Morgan fingerprint density at radius 1 is 1.30 bits per heavy atom. The first kappa shape index (κ1) is 14.2. The predicted octanol–water partition coefficient (Wildman–Crippen LogP) is 3.71. The average Bonchev–Trinajstić information content (AvgIpc) is 2.43. The summed E-state index contributed by atoms with van der Waals surface area (Å²) in [5.74, 6) is 1.60. The van der Waals surface area contributed by atoms with Crippen LogP contribution in [0.2, 0.25) is 0 Å². The molecule has 106 valence electrons. The largest absolute Gasteiger partial charge is 0.438 e. The van der Waals surface area contributed by atoms with Crippen molar-refractivity contribution in [1.29, 1.82) is 0 Å². The van der Waals surface area contributed by atoms with Gasteiger partial charge in [0.2, 0.25) is 5.88 Å². The number of aryl methyl sites for hydroxylation is 1. The van der Waals surface area contributed by atoms with Gasteiger partial charge in [-0.05, 0) is 37.1 Å². The summed E-state index contributed by atoms with van der Waals surface area (Å²) in [5, 5.41) is 3.04. The molecule has 2 aromatic rings. The minimum atomic E-state index is -0.276. The van der Waals surface area contributed by atoms with E-state index in [4.69, 9.17) is 4.74 Å². The Kier molecular flexibility index (Phi) is 4.50. The number of nitrogens with zero attached hydrogens (tertiary/aromatic N) is 2. The molecule has 0 saturated heterocycles. The molecule has 0 aliphatic carbocycles. The molecule has 0 spiro atoms. The number of ether oxygens (including phenoxy) is 1. The van der Waals surface area contributed by atoms with E-state index >= 15 is 0 Å². The highest BCUT2D eigenvalue weighted by molar-refractivity contribution is 5.50. The lowest BCUT2D eigenvalue weighted by molar-refractivity contribution is 0.449. The molecule has 1 aromatic carbocycles. The monoisotopic (exact) mass is 275 g/mol. The zero-order valence-corrected chi connectivity index (χ0v) is 11.9. The van der Waals surface area contributed by atoms with Gasteiger partial charge in [-0.25, -0.2) is 14.4 Å². The third-order valence-corrected chi connectivity index (χ3v) is 2.99. The van der Waals surface area contributed by atoms with Crippen LogP contribution in [0.5, 0.6) is 11.6 Å². The van der Waals surface area contributed by atoms with Gasteiger partial charge < -0.3 is 10.1 Å². The fourth-order valence-electron chi connectivity index (χ4n) is 2.01. The second kappa shape index (κ2) is 6.32. The highest BCUT2D eigenvalue weighted by Crippen LogP contribution is 2.30. The number of rotatable bonds is 5. The maximum absolute atomic E-state index is 13.1. The molecule has 0 radical (unpaired) electrons. The lowest BCUT2D eigenvalue weighted by Crippen LogP contribution is -2.03. The average molecular weight is 275 g/mol. The van der Waals surface area contributed by atoms with Gasteiger partial charge in [0.25, 0.3) is 0 Å². The van der Waals surface area contributed by atoms with E-state index in [1.54, 1.807) is 13.0 Å². The standard InChI is InChI=1S/C15H18FN3O/c1-4-5-12-14(17-3)18-9-19-15(12)20-13-7-6-11(16)8-10(13)2/h6-9H,4-5H2,1-3H3,(H,17,18,19). The van der Waals surface area contributed by atoms with E-state index < -0.39 is 0 Å². The lowest BCUT2D eigenvalue weighted by atomic mass is 10.1. The Hall–Kier alpha value is -2.17. The molecule has 5 heteroatoms. The van der Waals surface area contributed by atoms with E-state index in [9.17, 15) is 4.39 Å². The van der Waals surface area contributed by atoms with Gasteiger partial charge >= 0.3 is 0 Å². The summed E-state index contributed by atoms with van der Waals surface area (Å²) in [6.07, 6.45) is 3.23. The molecule has 0 unspecified atom stereocenters. The van der Waals surface area contributed by atoms with Crippen LogP contribution in [0.3, 0.4) is 0 Å². The Morgan fingerprint density at radius 3 is 2.75 bits per heavy atom. The van der Waals surface area contributed by atoms with Gasteiger partial charge in [0.15, 0.2) is 0 Å². The predicted molar refractivity (Wildman–Crippen MR) is 76.8 cm³/mol. The summed E-state index contributed by atoms with van der Waals surface area (Å²) in [6, 6.07) is 4.43. The van der Waals surface area contributed by atoms with E-state index in [-0.39, 0.29) is 5.82 Å². The maximum atomic E-state index is 13.1. The molecule has 1 heterocycles. The van der Waals surface area contributed by atoms with Crippen LogP contribution in [-0.4, -0.2) is 17.0 Å². The molecule has 0 atom stereocenters. The Labute approximate surface area is 118 Å². The highest BCUT2D eigenvalue weighted by Gasteiger charge is 2.13. The first-order chi connectivity index (χ1) is 9.65.